The van der Waals surface area contributed by atoms with E-state index in [0.717, 1.165) is 35.7 Å². The van der Waals surface area contributed by atoms with E-state index in [9.17, 15) is 4.79 Å². The van der Waals surface area contributed by atoms with Gasteiger partial charge in [-0.15, -0.1) is 0 Å². The fourth-order valence-corrected chi connectivity index (χ4v) is 10.3. The Balaban J connectivity index is 1.20. The highest BCUT2D eigenvalue weighted by Gasteiger charge is 2.58. The van der Waals surface area contributed by atoms with Crippen molar-refractivity contribution in [3.63, 3.8) is 0 Å². The predicted molar refractivity (Wildman–Crippen MR) is 155 cm³/mol. The second kappa shape index (κ2) is 11.4. The molecule has 7 atom stereocenters. The minimum atomic E-state index is 0.259. The Kier molecular flexibility index (Phi) is 8.41. The minimum absolute atomic E-state index is 0.259. The normalized spacial score (nSPS) is 37.5. The van der Waals surface area contributed by atoms with Gasteiger partial charge >= 0.3 is 0 Å². The molecule has 0 amide bonds. The third-order valence-electron chi connectivity index (χ3n) is 11.4. The Bertz CT molecular complexity index is 920. The van der Waals surface area contributed by atoms with Crippen molar-refractivity contribution in [2.75, 3.05) is 0 Å². The third-order valence-corrected chi connectivity index (χ3v) is 12.6. The predicted octanol–water partition coefficient (Wildman–Crippen LogP) is 10.3. The molecule has 0 spiro atoms. The summed E-state index contributed by atoms with van der Waals surface area (Å²) >= 11 is 1.61. The van der Waals surface area contributed by atoms with Gasteiger partial charge in [-0.3, -0.25) is 4.79 Å². The highest BCUT2D eigenvalue weighted by Crippen LogP contribution is 2.67. The minimum Gasteiger partial charge on any atom is -0.282 e. The van der Waals surface area contributed by atoms with Crippen LogP contribution < -0.4 is 0 Å². The average Bonchev–Trinajstić information content (AvgIpc) is 3.23. The van der Waals surface area contributed by atoms with E-state index in [4.69, 9.17) is 0 Å². The summed E-state index contributed by atoms with van der Waals surface area (Å²) in [6, 6.07) is 9.88. The Hall–Kier alpha value is -1.02. The number of fused-ring (bicyclic) bond motifs is 5. The van der Waals surface area contributed by atoms with Crippen molar-refractivity contribution >= 4 is 16.9 Å². The molecule has 1 nitrogen and oxygen atoms in total. The topological polar surface area (TPSA) is 17.1 Å². The number of hydrogen-bond acceptors (Lipinski definition) is 2. The van der Waals surface area contributed by atoms with Crippen LogP contribution in [-0.4, -0.2) is 10.4 Å². The van der Waals surface area contributed by atoms with Crippen LogP contribution in [0.25, 0.3) is 0 Å². The quantitative estimate of drug-likeness (QED) is 0.245. The molecule has 4 aliphatic carbocycles. The largest absolute Gasteiger partial charge is 0.282 e. The molecule has 198 valence electrons. The molecule has 4 aliphatic rings. The summed E-state index contributed by atoms with van der Waals surface area (Å²) in [4.78, 5) is 12.9. The summed E-state index contributed by atoms with van der Waals surface area (Å²) < 4.78 is 0. The summed E-state index contributed by atoms with van der Waals surface area (Å²) in [5.41, 5.74) is 3.55. The lowest BCUT2D eigenvalue weighted by Gasteiger charge is -2.58. The Morgan fingerprint density at radius 1 is 0.917 bits per heavy atom. The lowest BCUT2D eigenvalue weighted by Crippen LogP contribution is -2.50. The average molecular weight is 507 g/mol. The second-order valence-electron chi connectivity index (χ2n) is 13.3. The van der Waals surface area contributed by atoms with E-state index in [1.165, 1.54) is 89.9 Å². The number of hydrogen-bond donors (Lipinski definition) is 0. The smallest absolute Gasteiger partial charge is 0.219 e. The van der Waals surface area contributed by atoms with Crippen LogP contribution in [0, 0.1) is 34.5 Å². The molecule has 0 saturated heterocycles. The number of carbonyl (C=O) groups excluding carboxylic acids is 1. The van der Waals surface area contributed by atoms with E-state index >= 15 is 0 Å². The number of rotatable bonds is 9. The summed E-state index contributed by atoms with van der Waals surface area (Å²) in [5.74, 6) is 3.70. The fourth-order valence-electron chi connectivity index (χ4n) is 9.28. The number of allylic oxidation sites excluding steroid dienone is 2. The van der Waals surface area contributed by atoms with E-state index in [1.807, 2.05) is 30.3 Å². The van der Waals surface area contributed by atoms with Crippen molar-refractivity contribution in [1.82, 2.24) is 0 Å². The van der Waals surface area contributed by atoms with Gasteiger partial charge in [0, 0.05) is 10.8 Å². The second-order valence-corrected chi connectivity index (χ2v) is 14.5. The Morgan fingerprint density at radius 2 is 1.69 bits per heavy atom. The van der Waals surface area contributed by atoms with Gasteiger partial charge in [0.25, 0.3) is 0 Å². The zero-order valence-corrected chi connectivity index (χ0v) is 24.1. The van der Waals surface area contributed by atoms with Crippen LogP contribution in [0.15, 0.2) is 42.0 Å². The lowest BCUT2D eigenvalue weighted by molar-refractivity contribution is -0.0421. The number of unbranched alkanes of at least 4 members (excludes halogenated alkanes) is 5. The van der Waals surface area contributed by atoms with Crippen molar-refractivity contribution in [3.8, 4) is 0 Å². The molecule has 0 N–H and O–H groups in total. The summed E-state index contributed by atoms with van der Waals surface area (Å²) in [6.07, 6.45) is 23.6. The molecule has 5 rings (SSSR count). The van der Waals surface area contributed by atoms with Crippen molar-refractivity contribution in [1.29, 1.82) is 0 Å². The van der Waals surface area contributed by atoms with E-state index < -0.39 is 0 Å². The monoisotopic (exact) mass is 506 g/mol. The fraction of sp³-hybridized carbons (Fsp3) is 0.735. The standard InChI is InChI=1S/C34H50OS/c1-4-5-6-7-8-12-15-26-17-19-30-29-18-16-27-24-28(36-32(35)25-13-10-9-11-14-25)20-22-34(27,3)31(29)21-23-33(26,30)2/h9-11,13-14,16,26,28-31H,4-8,12,15,17-24H2,1-3H3/t26-,28+,29-,30+,31+,33-,34+/m1/s1. The first-order valence-electron chi connectivity index (χ1n) is 15.4. The summed E-state index contributed by atoms with van der Waals surface area (Å²) in [7, 11) is 0. The molecular weight excluding hydrogens is 456 g/mol. The molecule has 1 aromatic carbocycles. The van der Waals surface area contributed by atoms with Crippen molar-refractivity contribution in [2.45, 2.75) is 122 Å². The van der Waals surface area contributed by atoms with Gasteiger partial charge in [0.2, 0.25) is 5.12 Å². The van der Waals surface area contributed by atoms with Gasteiger partial charge in [-0.2, -0.15) is 0 Å². The van der Waals surface area contributed by atoms with Crippen LogP contribution in [0.5, 0.6) is 0 Å². The maximum atomic E-state index is 12.9. The molecule has 0 aliphatic heterocycles. The van der Waals surface area contributed by atoms with Gasteiger partial charge in [0.15, 0.2) is 0 Å². The first kappa shape index (κ1) is 26.6. The molecule has 0 unspecified atom stereocenters. The van der Waals surface area contributed by atoms with Crippen LogP contribution in [0.3, 0.4) is 0 Å². The van der Waals surface area contributed by atoms with Crippen LogP contribution in [0.1, 0.15) is 127 Å². The molecule has 36 heavy (non-hydrogen) atoms. The van der Waals surface area contributed by atoms with Gasteiger partial charge in [-0.1, -0.05) is 113 Å². The van der Waals surface area contributed by atoms with Gasteiger partial charge in [0.1, 0.15) is 0 Å². The number of thioether (sulfide) groups is 1. The molecule has 0 bridgehead atoms. The summed E-state index contributed by atoms with van der Waals surface area (Å²) in [6.45, 7) is 7.63. The maximum absolute atomic E-state index is 12.9. The van der Waals surface area contributed by atoms with Crippen molar-refractivity contribution in [3.05, 3.63) is 47.5 Å². The molecule has 3 saturated carbocycles. The van der Waals surface area contributed by atoms with Crippen LogP contribution in [0.4, 0.5) is 0 Å². The van der Waals surface area contributed by atoms with E-state index in [1.54, 1.807) is 17.3 Å². The number of carbonyl (C=O) groups is 1. The van der Waals surface area contributed by atoms with Gasteiger partial charge < -0.3 is 0 Å². The zero-order chi connectivity index (χ0) is 25.2. The zero-order valence-electron chi connectivity index (χ0n) is 23.3. The number of benzene rings is 1. The first-order chi connectivity index (χ1) is 17.5. The SMILES string of the molecule is CCCCCCCC[C@@H]1CC[C@H]2[C@H]3CC=C4C[C@@H](SC(=O)c5ccccc5)CC[C@]4(C)[C@H]3CC[C@]12C. The van der Waals surface area contributed by atoms with Crippen molar-refractivity contribution < 1.29 is 4.79 Å². The molecule has 0 heterocycles. The first-order valence-corrected chi connectivity index (χ1v) is 16.3. The third kappa shape index (κ3) is 5.14. The van der Waals surface area contributed by atoms with Gasteiger partial charge in [-0.25, -0.2) is 0 Å². The van der Waals surface area contributed by atoms with Gasteiger partial charge in [0.05, 0.1) is 0 Å². The van der Waals surface area contributed by atoms with E-state index in [-0.39, 0.29) is 5.12 Å². The molecule has 2 heteroatoms. The molecule has 0 aromatic heterocycles. The van der Waals surface area contributed by atoms with Crippen LogP contribution in [0.2, 0.25) is 0 Å². The maximum Gasteiger partial charge on any atom is 0.219 e. The van der Waals surface area contributed by atoms with E-state index in [2.05, 4.69) is 26.8 Å². The lowest BCUT2D eigenvalue weighted by atomic mass is 9.47. The van der Waals surface area contributed by atoms with Crippen molar-refractivity contribution in [2.24, 2.45) is 34.5 Å². The highest BCUT2D eigenvalue weighted by atomic mass is 32.2. The highest BCUT2D eigenvalue weighted by molar-refractivity contribution is 8.14. The van der Waals surface area contributed by atoms with Crippen LogP contribution in [-0.2, 0) is 0 Å². The Labute approximate surface area is 225 Å². The molecule has 0 radical (unpaired) electrons. The molecule has 3 fully saturated rings. The Morgan fingerprint density at radius 3 is 2.50 bits per heavy atom. The van der Waals surface area contributed by atoms with Gasteiger partial charge in [-0.05, 0) is 92.3 Å². The van der Waals surface area contributed by atoms with E-state index in [0.29, 0.717) is 16.1 Å². The summed E-state index contributed by atoms with van der Waals surface area (Å²) in [5, 5.41) is 0.713. The van der Waals surface area contributed by atoms with Crippen LogP contribution >= 0.6 is 11.8 Å². The molecule has 1 aromatic rings. The molecular formula is C34H50OS.